The Morgan fingerprint density at radius 1 is 0.654 bits per heavy atom. The van der Waals surface area contributed by atoms with Gasteiger partial charge in [-0.25, -0.2) is 0 Å². The maximum absolute atomic E-state index is 15.9. The van der Waals surface area contributed by atoms with E-state index < -0.39 is 193 Å². The maximum atomic E-state index is 15.9. The summed E-state index contributed by atoms with van der Waals surface area (Å²) in [6, 6.07) is -4.83. The van der Waals surface area contributed by atoms with E-state index in [1.54, 1.807) is 11.8 Å². The van der Waals surface area contributed by atoms with Crippen LogP contribution in [0.3, 0.4) is 0 Å². The molecule has 1 spiro atoms. The van der Waals surface area contributed by atoms with E-state index in [1.165, 1.54) is 94.0 Å². The molecule has 6 rings (SSSR count). The van der Waals surface area contributed by atoms with Crippen LogP contribution in [-0.4, -0.2) is 290 Å². The fourth-order valence-corrected chi connectivity index (χ4v) is 15.8. The minimum Gasteiger partial charge on any atom is -0.370 e. The first-order chi connectivity index (χ1) is 50.4. The van der Waals surface area contributed by atoms with Gasteiger partial charge in [0.25, 0.3) is 0 Å². The van der Waals surface area contributed by atoms with Crippen LogP contribution in [0.15, 0.2) is 18.2 Å². The molecular weight excluding hydrogens is 1410 g/mol. The standard InChI is InChI=1S/C76H119ClF3N13O14/c1-14-50(4)66-72(104)87(9)46-63(97)85(7)47-64(98)89(11)58(42-51-26-18-15-19-27-51)70(102)86(8)44-60(94)81-56(33-31-52-30-32-54(55(77)41-52)76(78,79)80)69(101)93(38-39-107-48-65(99)84(5)6)45-61(95)83-75(34-22-23-35-75)74(106)91(13)67(53-28-20-16-21-29-53)73(105)90(12)59(71(103)92-36-24-17-25-37-92)43-62(96)88(10)57(40-49(2)3)68(100)82-66/h30,32,41,49-51,53,56-59,66-67H,14-29,31,33-40,42-48H2,1-13H3,(H,81,94)(H,82,100)(H,83,95)/t50-,56-,57-,58-,59-,66-,67-/m0/s1. The number of ether oxygens (including phenoxy) is 1. The number of alkyl halides is 3. The lowest BCUT2D eigenvalue weighted by atomic mass is 9.81. The number of halogens is 4. The second-order valence-corrected chi connectivity index (χ2v) is 31.6. The van der Waals surface area contributed by atoms with Gasteiger partial charge in [-0.2, -0.15) is 13.2 Å². The van der Waals surface area contributed by atoms with E-state index in [0.717, 1.165) is 76.7 Å². The minimum absolute atomic E-state index is 0.0194. The van der Waals surface area contributed by atoms with Crippen LogP contribution in [0.1, 0.15) is 180 Å². The quantitative estimate of drug-likeness (QED) is 0.176. The van der Waals surface area contributed by atoms with Crippen LogP contribution in [0.5, 0.6) is 0 Å². The highest BCUT2D eigenvalue weighted by Crippen LogP contribution is 2.38. The zero-order chi connectivity index (χ0) is 79.4. The Hall–Kier alpha value is -7.63. The van der Waals surface area contributed by atoms with E-state index in [-0.39, 0.29) is 62.5 Å². The lowest BCUT2D eigenvalue weighted by Gasteiger charge is -2.43. The average Bonchev–Trinajstić information content (AvgIpc) is 1.69. The zero-order valence-corrected chi connectivity index (χ0v) is 66.1. The Bertz CT molecular complexity index is 3280. The van der Waals surface area contributed by atoms with Gasteiger partial charge in [-0.15, -0.1) is 0 Å². The second-order valence-electron chi connectivity index (χ2n) is 31.1. The minimum atomic E-state index is -4.80. The van der Waals surface area contributed by atoms with Crippen LogP contribution in [0.25, 0.3) is 0 Å². The van der Waals surface area contributed by atoms with Crippen molar-refractivity contribution in [3.8, 4) is 0 Å². The van der Waals surface area contributed by atoms with Crippen molar-refractivity contribution in [1.82, 2.24) is 64.9 Å². The fraction of sp³-hybridized carbons (Fsp3) is 0.750. The molecule has 0 bridgehead atoms. The number of carbonyl (C=O) groups excluding carboxylic acids is 13. The van der Waals surface area contributed by atoms with Gasteiger partial charge in [-0.1, -0.05) is 116 Å². The number of amides is 13. The Kier molecular flexibility index (Phi) is 33.6. The predicted molar refractivity (Wildman–Crippen MR) is 395 cm³/mol. The molecule has 7 atom stereocenters. The Morgan fingerprint density at radius 3 is 1.83 bits per heavy atom. The van der Waals surface area contributed by atoms with Gasteiger partial charge in [0.15, 0.2) is 0 Å². The van der Waals surface area contributed by atoms with Crippen LogP contribution in [-0.2, 0) is 79.7 Å². The van der Waals surface area contributed by atoms with Crippen LogP contribution in [0.2, 0.25) is 5.02 Å². The van der Waals surface area contributed by atoms with Gasteiger partial charge in [0.1, 0.15) is 48.4 Å². The van der Waals surface area contributed by atoms with E-state index in [9.17, 15) is 46.7 Å². The van der Waals surface area contributed by atoms with Gasteiger partial charge in [0.2, 0.25) is 76.8 Å². The molecule has 0 radical (unpaired) electrons. The van der Waals surface area contributed by atoms with Gasteiger partial charge in [0, 0.05) is 83.1 Å². The van der Waals surface area contributed by atoms with Crippen molar-refractivity contribution in [3.63, 3.8) is 0 Å². The third-order valence-corrected chi connectivity index (χ3v) is 22.7. The molecule has 1 aromatic carbocycles. The molecule has 2 saturated heterocycles. The fourth-order valence-electron chi connectivity index (χ4n) is 15.5. The molecule has 5 fully saturated rings. The molecule has 2 heterocycles. The van der Waals surface area contributed by atoms with Crippen molar-refractivity contribution in [1.29, 1.82) is 0 Å². The molecule has 5 aliphatic rings. The Balaban J connectivity index is 1.48. The lowest BCUT2D eigenvalue weighted by Crippen LogP contribution is -2.64. The normalized spacial score (nSPS) is 24.7. The molecule has 31 heteroatoms. The summed E-state index contributed by atoms with van der Waals surface area (Å²) in [6.45, 7) is 4.24. The molecule has 2 aliphatic heterocycles. The number of piperidine rings is 1. The van der Waals surface area contributed by atoms with Gasteiger partial charge in [-0.3, -0.25) is 62.3 Å². The third kappa shape index (κ3) is 24.4. The maximum Gasteiger partial charge on any atom is 0.417 e. The van der Waals surface area contributed by atoms with E-state index >= 15 is 28.8 Å². The predicted octanol–water partition coefficient (Wildman–Crippen LogP) is 5.37. The number of likely N-dealkylation sites (tertiary alicyclic amines) is 1. The van der Waals surface area contributed by atoms with Crippen molar-refractivity contribution in [2.24, 2.45) is 23.7 Å². The number of benzene rings is 1. The Labute approximate surface area is 634 Å². The summed E-state index contributed by atoms with van der Waals surface area (Å²) in [6.07, 6.45) is 5.59. The number of rotatable bonds is 16. The molecular formula is C76H119ClF3N13O14. The summed E-state index contributed by atoms with van der Waals surface area (Å²) in [7, 11) is 12.9. The number of nitrogens with one attached hydrogen (secondary N) is 3. The van der Waals surface area contributed by atoms with Gasteiger partial charge < -0.3 is 69.7 Å². The van der Waals surface area contributed by atoms with Gasteiger partial charge >= 0.3 is 6.18 Å². The molecule has 13 amide bonds. The van der Waals surface area contributed by atoms with E-state index in [2.05, 4.69) is 16.0 Å². The molecule has 3 saturated carbocycles. The van der Waals surface area contributed by atoms with Crippen LogP contribution in [0.4, 0.5) is 13.2 Å². The van der Waals surface area contributed by atoms with Crippen molar-refractivity contribution in [2.45, 2.75) is 223 Å². The van der Waals surface area contributed by atoms with E-state index in [1.807, 2.05) is 20.8 Å². The molecule has 3 N–H and O–H groups in total. The number of nitrogens with zero attached hydrogens (tertiary/aromatic N) is 10. The highest BCUT2D eigenvalue weighted by Gasteiger charge is 2.50. The first kappa shape index (κ1) is 88.3. The molecule has 107 heavy (non-hydrogen) atoms. The van der Waals surface area contributed by atoms with Crippen molar-refractivity contribution in [2.75, 3.05) is 122 Å². The summed E-state index contributed by atoms with van der Waals surface area (Å²) in [5, 5.41) is 7.96. The highest BCUT2D eigenvalue weighted by atomic mass is 35.5. The van der Waals surface area contributed by atoms with Crippen LogP contribution >= 0.6 is 11.6 Å². The molecule has 0 unspecified atom stereocenters. The second kappa shape index (κ2) is 40.7. The highest BCUT2D eigenvalue weighted by molar-refractivity contribution is 6.31. The number of aryl methyl sites for hydroxylation is 1. The topological polar surface area (TPSA) is 300 Å². The first-order valence-electron chi connectivity index (χ1n) is 38.3. The van der Waals surface area contributed by atoms with Crippen molar-refractivity contribution >= 4 is 88.4 Å². The average molecular weight is 1530 g/mol. The van der Waals surface area contributed by atoms with Crippen LogP contribution in [0, 0.1) is 23.7 Å². The number of carbonyl (C=O) groups is 13. The monoisotopic (exact) mass is 1530 g/mol. The van der Waals surface area contributed by atoms with Crippen molar-refractivity contribution in [3.05, 3.63) is 34.3 Å². The molecule has 27 nitrogen and oxygen atoms in total. The molecule has 1 aromatic rings. The Morgan fingerprint density at radius 2 is 1.24 bits per heavy atom. The summed E-state index contributed by atoms with van der Waals surface area (Å²) in [5.74, 6) is -10.0. The zero-order valence-electron chi connectivity index (χ0n) is 65.3. The van der Waals surface area contributed by atoms with E-state index in [4.69, 9.17) is 16.3 Å². The van der Waals surface area contributed by atoms with Crippen molar-refractivity contribution < 1.29 is 80.2 Å². The number of likely N-dealkylation sites (N-methyl/N-ethyl adjacent to an activating group) is 8. The first-order valence-corrected chi connectivity index (χ1v) is 38.7. The smallest absolute Gasteiger partial charge is 0.370 e. The summed E-state index contributed by atoms with van der Waals surface area (Å²) in [5.41, 5.74) is -2.55. The number of hydrogen-bond acceptors (Lipinski definition) is 14. The van der Waals surface area contributed by atoms with E-state index in [0.29, 0.717) is 70.9 Å². The SMILES string of the molecule is CC[C@H](C)[C@@H]1NC(=O)[C@H](CC(C)C)N(C)C(=O)C[C@@H](C(=O)N2CCCCC2)N(C)C(=O)[C@H](C2CCCCC2)N(C)C(=O)C2(CCCC2)NC(=O)CN(CCOCC(=O)N(C)C)C(=O)[C@H](CCc2ccc(C(F)(F)F)c(Cl)c2)NC(=O)CN(C)C(=O)[C@H](CC2CCCCC2)N(C)C(=O)CN(C)C(=O)CN(C)C1=O. The summed E-state index contributed by atoms with van der Waals surface area (Å²) in [4.78, 5) is 205. The van der Waals surface area contributed by atoms with Crippen LogP contribution < -0.4 is 16.0 Å². The molecule has 3 aliphatic carbocycles. The summed E-state index contributed by atoms with van der Waals surface area (Å²) >= 11 is 6.19. The third-order valence-electron chi connectivity index (χ3n) is 22.4. The molecule has 600 valence electrons. The van der Waals surface area contributed by atoms with Gasteiger partial charge in [0.05, 0.1) is 49.8 Å². The van der Waals surface area contributed by atoms with Gasteiger partial charge in [-0.05, 0) is 112 Å². The number of hydrogen-bond donors (Lipinski definition) is 3. The summed E-state index contributed by atoms with van der Waals surface area (Å²) < 4.78 is 47.7. The molecule has 0 aromatic heterocycles. The largest absolute Gasteiger partial charge is 0.417 e. The lowest BCUT2D eigenvalue weighted by molar-refractivity contribution is -0.157.